The minimum atomic E-state index is -2.89. The van der Waals surface area contributed by atoms with Crippen LogP contribution in [0.15, 0.2) is 0 Å². The van der Waals surface area contributed by atoms with Crippen LogP contribution < -0.4 is 0 Å². The summed E-state index contributed by atoms with van der Waals surface area (Å²) in [5, 5.41) is 10.7. The highest BCUT2D eigenvalue weighted by molar-refractivity contribution is 7.91. The summed E-state index contributed by atoms with van der Waals surface area (Å²) in [5.41, 5.74) is -0.635. The number of sulfone groups is 1. The molecule has 2 unspecified atom stereocenters. The lowest BCUT2D eigenvalue weighted by molar-refractivity contribution is -0.0163. The number of piperidine rings is 1. The second-order valence-corrected chi connectivity index (χ2v) is 8.21. The third-order valence-corrected chi connectivity index (χ3v) is 6.36. The van der Waals surface area contributed by atoms with Gasteiger partial charge in [0.2, 0.25) is 0 Å². The molecule has 5 heteroatoms. The first-order valence-corrected chi connectivity index (χ1v) is 8.96. The third-order valence-electron chi connectivity index (χ3n) is 4.57. The molecule has 2 fully saturated rings. The molecular weight excluding hydrogens is 250 g/mol. The first-order chi connectivity index (χ1) is 8.47. The van der Waals surface area contributed by atoms with E-state index in [0.717, 1.165) is 25.9 Å². The molecular formula is C13H25NO3S. The van der Waals surface area contributed by atoms with Crippen LogP contribution >= 0.6 is 0 Å². The molecule has 2 atom stereocenters. The number of hydrogen-bond acceptors (Lipinski definition) is 4. The van der Waals surface area contributed by atoms with Crippen molar-refractivity contribution in [3.8, 4) is 0 Å². The van der Waals surface area contributed by atoms with E-state index in [0.29, 0.717) is 12.8 Å². The summed E-state index contributed by atoms with van der Waals surface area (Å²) in [5.74, 6) is 0.430. The number of hydrogen-bond donors (Lipinski definition) is 1. The Bertz CT molecular complexity index is 382. The van der Waals surface area contributed by atoms with Crippen molar-refractivity contribution in [2.45, 2.75) is 57.1 Å². The molecule has 2 aliphatic rings. The summed E-state index contributed by atoms with van der Waals surface area (Å²) in [6, 6.07) is 0.274. The second kappa shape index (κ2) is 5.47. The molecule has 0 spiro atoms. The van der Waals surface area contributed by atoms with Gasteiger partial charge in [0.05, 0.1) is 11.4 Å². The van der Waals surface area contributed by atoms with Gasteiger partial charge >= 0.3 is 0 Å². The van der Waals surface area contributed by atoms with Crippen molar-refractivity contribution in [1.82, 2.24) is 4.90 Å². The number of aliphatic hydroxyl groups is 1. The molecule has 2 aliphatic heterocycles. The SMILES string of the molecule is CCS(=O)(=O)CCCC1(O)CCN2CCCCC21. The Labute approximate surface area is 110 Å². The molecule has 4 nitrogen and oxygen atoms in total. The Morgan fingerprint density at radius 2 is 2.11 bits per heavy atom. The number of rotatable bonds is 5. The van der Waals surface area contributed by atoms with Crippen LogP contribution in [-0.2, 0) is 9.84 Å². The molecule has 2 rings (SSSR count). The number of fused-ring (bicyclic) bond motifs is 1. The molecule has 106 valence electrons. The van der Waals surface area contributed by atoms with E-state index in [4.69, 9.17) is 0 Å². The predicted molar refractivity (Wildman–Crippen MR) is 72.3 cm³/mol. The van der Waals surface area contributed by atoms with Gasteiger partial charge in [-0.15, -0.1) is 0 Å². The minimum absolute atomic E-state index is 0.209. The smallest absolute Gasteiger partial charge is 0.150 e. The van der Waals surface area contributed by atoms with E-state index in [9.17, 15) is 13.5 Å². The van der Waals surface area contributed by atoms with E-state index >= 15 is 0 Å². The van der Waals surface area contributed by atoms with Gasteiger partial charge in [-0.2, -0.15) is 0 Å². The molecule has 0 aromatic rings. The van der Waals surface area contributed by atoms with Crippen LogP contribution in [0.3, 0.4) is 0 Å². The largest absolute Gasteiger partial charge is 0.388 e. The fourth-order valence-electron chi connectivity index (χ4n) is 3.41. The molecule has 0 radical (unpaired) electrons. The van der Waals surface area contributed by atoms with Crippen LogP contribution in [0.25, 0.3) is 0 Å². The Morgan fingerprint density at radius 3 is 2.83 bits per heavy atom. The number of nitrogens with zero attached hydrogens (tertiary/aromatic N) is 1. The van der Waals surface area contributed by atoms with E-state index in [1.807, 2.05) is 0 Å². The molecule has 1 N–H and O–H groups in total. The third kappa shape index (κ3) is 3.06. The second-order valence-electron chi connectivity index (χ2n) is 5.74. The van der Waals surface area contributed by atoms with Gasteiger partial charge in [0.15, 0.2) is 0 Å². The van der Waals surface area contributed by atoms with Crippen molar-refractivity contribution in [3.05, 3.63) is 0 Å². The van der Waals surface area contributed by atoms with Crippen LogP contribution in [0.1, 0.15) is 45.4 Å². The van der Waals surface area contributed by atoms with Crippen LogP contribution in [0.2, 0.25) is 0 Å². The average Bonchev–Trinajstić information content (AvgIpc) is 2.68. The Balaban J connectivity index is 1.88. The first-order valence-electron chi connectivity index (χ1n) is 7.14. The summed E-state index contributed by atoms with van der Waals surface area (Å²) in [7, 11) is -2.89. The van der Waals surface area contributed by atoms with Crippen LogP contribution in [0.4, 0.5) is 0 Å². The van der Waals surface area contributed by atoms with Gasteiger partial charge in [0, 0.05) is 18.3 Å². The molecule has 0 aliphatic carbocycles. The first kappa shape index (κ1) is 14.3. The van der Waals surface area contributed by atoms with Gasteiger partial charge in [-0.05, 0) is 38.6 Å². The van der Waals surface area contributed by atoms with Crippen molar-refractivity contribution in [2.75, 3.05) is 24.6 Å². The lowest BCUT2D eigenvalue weighted by Crippen LogP contribution is -2.47. The van der Waals surface area contributed by atoms with Crippen molar-refractivity contribution in [3.63, 3.8) is 0 Å². The Hall–Kier alpha value is -0.130. The summed E-state index contributed by atoms with van der Waals surface area (Å²) < 4.78 is 22.9. The van der Waals surface area contributed by atoms with Crippen molar-refractivity contribution >= 4 is 9.84 Å². The molecule has 0 aromatic heterocycles. The van der Waals surface area contributed by atoms with Crippen molar-refractivity contribution in [2.24, 2.45) is 0 Å². The summed E-state index contributed by atoms with van der Waals surface area (Å²) in [6.07, 6.45) is 5.53. The normalized spacial score (nSPS) is 33.6. The Morgan fingerprint density at radius 1 is 1.33 bits per heavy atom. The van der Waals surface area contributed by atoms with E-state index in [1.54, 1.807) is 6.92 Å². The van der Waals surface area contributed by atoms with Crippen molar-refractivity contribution in [1.29, 1.82) is 0 Å². The fourth-order valence-corrected chi connectivity index (χ4v) is 4.28. The predicted octanol–water partition coefficient (Wildman–Crippen LogP) is 1.19. The maximum Gasteiger partial charge on any atom is 0.150 e. The molecule has 0 saturated carbocycles. The van der Waals surface area contributed by atoms with Gasteiger partial charge in [-0.1, -0.05) is 13.3 Å². The zero-order chi connectivity index (χ0) is 13.2. The molecule has 18 heavy (non-hydrogen) atoms. The minimum Gasteiger partial charge on any atom is -0.388 e. The van der Waals surface area contributed by atoms with E-state index < -0.39 is 15.4 Å². The van der Waals surface area contributed by atoms with E-state index in [1.165, 1.54) is 12.8 Å². The van der Waals surface area contributed by atoms with Gasteiger partial charge in [-0.25, -0.2) is 8.42 Å². The highest BCUT2D eigenvalue weighted by Crippen LogP contribution is 2.37. The summed E-state index contributed by atoms with van der Waals surface area (Å²) >= 11 is 0. The quantitative estimate of drug-likeness (QED) is 0.819. The monoisotopic (exact) mass is 275 g/mol. The average molecular weight is 275 g/mol. The molecule has 0 bridgehead atoms. The lowest BCUT2D eigenvalue weighted by Gasteiger charge is -2.37. The highest BCUT2D eigenvalue weighted by Gasteiger charge is 2.45. The topological polar surface area (TPSA) is 57.6 Å². The molecule has 2 heterocycles. The van der Waals surface area contributed by atoms with E-state index in [2.05, 4.69) is 4.90 Å². The fraction of sp³-hybridized carbons (Fsp3) is 1.00. The van der Waals surface area contributed by atoms with Crippen LogP contribution in [0, 0.1) is 0 Å². The standard InChI is InChI=1S/C13H25NO3S/c1-2-18(16,17)11-5-7-13(15)8-10-14-9-4-3-6-12(13)14/h12,15H,2-11H2,1H3. The highest BCUT2D eigenvalue weighted by atomic mass is 32.2. The van der Waals surface area contributed by atoms with Gasteiger partial charge in [0.1, 0.15) is 9.84 Å². The summed E-state index contributed by atoms with van der Waals surface area (Å²) in [6.45, 7) is 3.75. The molecule has 0 aromatic carbocycles. The maximum atomic E-state index is 11.5. The van der Waals surface area contributed by atoms with E-state index in [-0.39, 0.29) is 17.5 Å². The molecule has 0 amide bonds. The van der Waals surface area contributed by atoms with Gasteiger partial charge < -0.3 is 5.11 Å². The van der Waals surface area contributed by atoms with Crippen LogP contribution in [-0.4, -0.2) is 54.7 Å². The summed E-state index contributed by atoms with van der Waals surface area (Å²) in [4.78, 5) is 2.39. The zero-order valence-electron chi connectivity index (χ0n) is 11.3. The lowest BCUT2D eigenvalue weighted by atomic mass is 9.85. The van der Waals surface area contributed by atoms with Gasteiger partial charge in [0.25, 0.3) is 0 Å². The van der Waals surface area contributed by atoms with Crippen molar-refractivity contribution < 1.29 is 13.5 Å². The molecule has 2 saturated heterocycles. The maximum absolute atomic E-state index is 11.5. The van der Waals surface area contributed by atoms with Crippen LogP contribution in [0.5, 0.6) is 0 Å². The van der Waals surface area contributed by atoms with Gasteiger partial charge in [-0.3, -0.25) is 4.90 Å². The Kier molecular flexibility index (Phi) is 4.34. The zero-order valence-corrected chi connectivity index (χ0v) is 12.1.